The van der Waals surface area contributed by atoms with Gasteiger partial charge in [-0.1, -0.05) is 11.6 Å². The first-order chi connectivity index (χ1) is 11.5. The lowest BCUT2D eigenvalue weighted by Gasteiger charge is -2.36. The first kappa shape index (κ1) is 16.5. The Morgan fingerprint density at radius 1 is 0.958 bits per heavy atom. The van der Waals surface area contributed by atoms with Crippen LogP contribution in [0.5, 0.6) is 0 Å². The monoisotopic (exact) mass is 351 g/mol. The molecule has 2 aromatic rings. The van der Waals surface area contributed by atoms with Gasteiger partial charge < -0.3 is 15.1 Å². The van der Waals surface area contributed by atoms with Crippen molar-refractivity contribution in [3.05, 3.63) is 59.1 Å². The minimum atomic E-state index is -0.865. The molecule has 2 aromatic carbocycles. The van der Waals surface area contributed by atoms with Crippen molar-refractivity contribution in [1.29, 1.82) is 0 Å². The zero-order chi connectivity index (χ0) is 17.1. The van der Waals surface area contributed by atoms with Crippen LogP contribution < -0.4 is 10.2 Å². The fourth-order valence-corrected chi connectivity index (χ4v) is 2.71. The van der Waals surface area contributed by atoms with E-state index in [1.54, 1.807) is 35.2 Å². The van der Waals surface area contributed by atoms with Crippen molar-refractivity contribution in [2.45, 2.75) is 0 Å². The number of anilines is 2. The zero-order valence-corrected chi connectivity index (χ0v) is 13.6. The van der Waals surface area contributed by atoms with Crippen molar-refractivity contribution in [3.8, 4) is 0 Å². The molecule has 1 saturated heterocycles. The summed E-state index contributed by atoms with van der Waals surface area (Å²) in [4.78, 5) is 15.9. The Labute approximate surface area is 143 Å². The summed E-state index contributed by atoms with van der Waals surface area (Å²) < 4.78 is 26.3. The summed E-state index contributed by atoms with van der Waals surface area (Å²) in [5.74, 6) is -1.73. The van der Waals surface area contributed by atoms with Gasteiger partial charge in [-0.25, -0.2) is 13.6 Å². The Balaban J connectivity index is 1.57. The van der Waals surface area contributed by atoms with Gasteiger partial charge in [-0.15, -0.1) is 0 Å². The molecule has 24 heavy (non-hydrogen) atoms. The van der Waals surface area contributed by atoms with Gasteiger partial charge in [0.15, 0.2) is 11.6 Å². The zero-order valence-electron chi connectivity index (χ0n) is 12.8. The van der Waals surface area contributed by atoms with E-state index in [1.165, 1.54) is 6.07 Å². The number of halogens is 3. The molecule has 0 saturated carbocycles. The maximum absolute atomic E-state index is 13.3. The van der Waals surface area contributed by atoms with Crippen molar-refractivity contribution in [2.24, 2.45) is 0 Å². The fourth-order valence-electron chi connectivity index (χ4n) is 2.59. The Hall–Kier alpha value is -2.34. The summed E-state index contributed by atoms with van der Waals surface area (Å²) in [6.45, 7) is 2.11. The van der Waals surface area contributed by atoms with Crippen LogP contribution in [0, 0.1) is 11.6 Å². The first-order valence-corrected chi connectivity index (χ1v) is 7.92. The van der Waals surface area contributed by atoms with Crippen molar-refractivity contribution < 1.29 is 13.6 Å². The molecule has 0 unspecified atom stereocenters. The van der Waals surface area contributed by atoms with Crippen LogP contribution in [-0.4, -0.2) is 37.1 Å². The van der Waals surface area contributed by atoms with Gasteiger partial charge in [-0.3, -0.25) is 0 Å². The van der Waals surface area contributed by atoms with Crippen LogP contribution in [-0.2, 0) is 0 Å². The molecule has 3 rings (SSSR count). The highest BCUT2D eigenvalue weighted by atomic mass is 35.5. The van der Waals surface area contributed by atoms with Crippen LogP contribution in [0.25, 0.3) is 0 Å². The number of urea groups is 1. The average molecular weight is 352 g/mol. The number of hydrogen-bond acceptors (Lipinski definition) is 2. The third-order valence-corrected chi connectivity index (χ3v) is 4.18. The van der Waals surface area contributed by atoms with Crippen LogP contribution in [0.4, 0.5) is 25.0 Å². The number of piperazine rings is 1. The highest BCUT2D eigenvalue weighted by Gasteiger charge is 2.22. The third-order valence-electron chi connectivity index (χ3n) is 3.93. The van der Waals surface area contributed by atoms with Crippen molar-refractivity contribution in [3.63, 3.8) is 0 Å². The second-order valence-electron chi connectivity index (χ2n) is 5.51. The second-order valence-corrected chi connectivity index (χ2v) is 5.95. The van der Waals surface area contributed by atoms with E-state index in [2.05, 4.69) is 5.32 Å². The number of carbonyl (C=O) groups is 1. The molecule has 126 valence electrons. The molecule has 1 N–H and O–H groups in total. The summed E-state index contributed by atoms with van der Waals surface area (Å²) in [6.07, 6.45) is 0. The number of amides is 2. The normalized spacial score (nSPS) is 14.6. The molecule has 1 aliphatic rings. The molecule has 0 aliphatic carbocycles. The standard InChI is InChI=1S/C17H16ClF2N3O/c18-12-1-3-13(4-2-12)21-17(24)23-9-7-22(8-10-23)14-5-6-15(19)16(20)11-14/h1-6,11H,7-10H2,(H,21,24). The Morgan fingerprint density at radius 3 is 2.25 bits per heavy atom. The van der Waals surface area contributed by atoms with Gasteiger partial charge in [0.1, 0.15) is 0 Å². The topological polar surface area (TPSA) is 35.6 Å². The molecular weight excluding hydrogens is 336 g/mol. The van der Waals surface area contributed by atoms with E-state index in [1.807, 2.05) is 4.90 Å². The second kappa shape index (κ2) is 7.05. The number of carbonyl (C=O) groups excluding carboxylic acids is 1. The highest BCUT2D eigenvalue weighted by molar-refractivity contribution is 6.30. The molecule has 1 aliphatic heterocycles. The summed E-state index contributed by atoms with van der Waals surface area (Å²) in [6, 6.07) is 10.5. The maximum atomic E-state index is 13.3. The van der Waals surface area contributed by atoms with Gasteiger partial charge >= 0.3 is 6.03 Å². The summed E-state index contributed by atoms with van der Waals surface area (Å²) in [7, 11) is 0. The maximum Gasteiger partial charge on any atom is 0.321 e. The Kier molecular flexibility index (Phi) is 4.85. The van der Waals surface area contributed by atoms with E-state index in [-0.39, 0.29) is 6.03 Å². The summed E-state index contributed by atoms with van der Waals surface area (Å²) in [5, 5.41) is 3.42. The van der Waals surface area contributed by atoms with Crippen LogP contribution >= 0.6 is 11.6 Å². The molecule has 7 heteroatoms. The Bertz CT molecular complexity index is 731. The van der Waals surface area contributed by atoms with E-state index in [4.69, 9.17) is 11.6 Å². The van der Waals surface area contributed by atoms with Crippen molar-refractivity contribution in [2.75, 3.05) is 36.4 Å². The van der Waals surface area contributed by atoms with E-state index >= 15 is 0 Å². The highest BCUT2D eigenvalue weighted by Crippen LogP contribution is 2.20. The van der Waals surface area contributed by atoms with Gasteiger partial charge in [-0.2, -0.15) is 0 Å². The molecule has 0 bridgehead atoms. The average Bonchev–Trinajstić information content (AvgIpc) is 2.59. The van der Waals surface area contributed by atoms with Gasteiger partial charge in [0.25, 0.3) is 0 Å². The summed E-state index contributed by atoms with van der Waals surface area (Å²) in [5.41, 5.74) is 1.29. The number of nitrogens with zero attached hydrogens (tertiary/aromatic N) is 2. The smallest absolute Gasteiger partial charge is 0.321 e. The molecule has 0 atom stereocenters. The largest absolute Gasteiger partial charge is 0.368 e. The van der Waals surface area contributed by atoms with Gasteiger partial charge in [-0.05, 0) is 36.4 Å². The lowest BCUT2D eigenvalue weighted by molar-refractivity contribution is 0.208. The van der Waals surface area contributed by atoms with Crippen LogP contribution in [0.1, 0.15) is 0 Å². The lowest BCUT2D eigenvalue weighted by Crippen LogP contribution is -2.50. The van der Waals surface area contributed by atoms with Crippen LogP contribution in [0.2, 0.25) is 5.02 Å². The number of nitrogens with one attached hydrogen (secondary N) is 1. The molecule has 1 fully saturated rings. The van der Waals surface area contributed by atoms with E-state index in [0.717, 1.165) is 6.07 Å². The van der Waals surface area contributed by atoms with Gasteiger partial charge in [0, 0.05) is 48.6 Å². The van der Waals surface area contributed by atoms with Crippen LogP contribution in [0.3, 0.4) is 0 Å². The van der Waals surface area contributed by atoms with Crippen molar-refractivity contribution >= 4 is 29.0 Å². The number of benzene rings is 2. The van der Waals surface area contributed by atoms with Crippen molar-refractivity contribution in [1.82, 2.24) is 4.90 Å². The van der Waals surface area contributed by atoms with E-state index in [9.17, 15) is 13.6 Å². The molecule has 2 amide bonds. The fraction of sp³-hybridized carbons (Fsp3) is 0.235. The van der Waals surface area contributed by atoms with Crippen LogP contribution in [0.15, 0.2) is 42.5 Å². The minimum Gasteiger partial charge on any atom is -0.368 e. The van der Waals surface area contributed by atoms with E-state index < -0.39 is 11.6 Å². The van der Waals surface area contributed by atoms with Gasteiger partial charge in [0.05, 0.1) is 0 Å². The minimum absolute atomic E-state index is 0.192. The quantitative estimate of drug-likeness (QED) is 0.888. The molecule has 1 heterocycles. The number of rotatable bonds is 2. The Morgan fingerprint density at radius 2 is 1.62 bits per heavy atom. The molecule has 0 spiro atoms. The van der Waals surface area contributed by atoms with E-state index in [0.29, 0.717) is 42.6 Å². The predicted octanol–water partition coefficient (Wildman–Crippen LogP) is 3.97. The first-order valence-electron chi connectivity index (χ1n) is 7.54. The molecule has 4 nitrogen and oxygen atoms in total. The molecule has 0 radical (unpaired) electrons. The van der Waals surface area contributed by atoms with Gasteiger partial charge in [0.2, 0.25) is 0 Å². The lowest BCUT2D eigenvalue weighted by atomic mass is 10.2. The number of hydrogen-bond donors (Lipinski definition) is 1. The third kappa shape index (κ3) is 3.76. The molecule has 0 aromatic heterocycles. The predicted molar refractivity (Wildman–Crippen MR) is 90.6 cm³/mol. The SMILES string of the molecule is O=C(Nc1ccc(Cl)cc1)N1CCN(c2ccc(F)c(F)c2)CC1. The molecular formula is C17H16ClF2N3O. The summed E-state index contributed by atoms with van der Waals surface area (Å²) >= 11 is 5.81.